The molecule has 0 bridgehead atoms. The van der Waals surface area contributed by atoms with E-state index in [-0.39, 0.29) is 23.2 Å². The highest BCUT2D eigenvalue weighted by molar-refractivity contribution is 6.30. The van der Waals surface area contributed by atoms with Crippen LogP contribution in [0.1, 0.15) is 35.9 Å². The summed E-state index contributed by atoms with van der Waals surface area (Å²) in [6.45, 7) is 1.85. The number of alkyl halides is 2. The lowest BCUT2D eigenvalue weighted by Gasteiger charge is -2.35. The number of nitrogens with two attached hydrogens (primary N) is 1. The summed E-state index contributed by atoms with van der Waals surface area (Å²) >= 11 is 5.70. The number of carbonyl (C=O) groups excluding carboxylic acids is 1. The fourth-order valence-electron chi connectivity index (χ4n) is 2.80. The van der Waals surface area contributed by atoms with Crippen LogP contribution >= 0.6 is 11.6 Å². The minimum absolute atomic E-state index is 0.110. The van der Waals surface area contributed by atoms with E-state index in [0.717, 1.165) is 19.9 Å². The third kappa shape index (κ3) is 4.10. The maximum absolute atomic E-state index is 15.1. The van der Waals surface area contributed by atoms with Gasteiger partial charge in [-0.1, -0.05) is 11.6 Å². The van der Waals surface area contributed by atoms with Crippen LogP contribution in [0.5, 0.6) is 0 Å². The predicted octanol–water partition coefficient (Wildman–Crippen LogP) is 4.11. The smallest absolute Gasteiger partial charge is 0.301 e. The average Bonchev–Trinajstić information content (AvgIpc) is 2.74. The van der Waals surface area contributed by atoms with Crippen LogP contribution in [0, 0.1) is 11.6 Å². The molecule has 30 heavy (non-hydrogen) atoms. The topological polar surface area (TPSA) is 89.6 Å². The quantitative estimate of drug-likeness (QED) is 0.697. The molecule has 160 valence electrons. The van der Waals surface area contributed by atoms with Gasteiger partial charge in [-0.2, -0.15) is 0 Å². The van der Waals surface area contributed by atoms with Crippen LogP contribution in [0.3, 0.4) is 0 Å². The molecule has 0 fully saturated rings. The summed E-state index contributed by atoms with van der Waals surface area (Å²) < 4.78 is 64.1. The first-order valence-corrected chi connectivity index (χ1v) is 9.06. The van der Waals surface area contributed by atoms with Gasteiger partial charge in [0, 0.05) is 17.8 Å². The van der Waals surface area contributed by atoms with E-state index in [1.165, 1.54) is 18.3 Å². The maximum Gasteiger partial charge on any atom is 0.301 e. The lowest BCUT2D eigenvalue weighted by Crippen LogP contribution is -2.48. The third-order valence-electron chi connectivity index (χ3n) is 4.61. The van der Waals surface area contributed by atoms with Crippen molar-refractivity contribution < 1.29 is 27.1 Å². The maximum atomic E-state index is 15.1. The minimum atomic E-state index is -3.70. The van der Waals surface area contributed by atoms with E-state index >= 15 is 8.78 Å². The zero-order valence-electron chi connectivity index (χ0n) is 15.8. The zero-order valence-corrected chi connectivity index (χ0v) is 16.6. The predicted molar refractivity (Wildman–Crippen MR) is 103 cm³/mol. The van der Waals surface area contributed by atoms with Crippen molar-refractivity contribution in [1.29, 1.82) is 0 Å². The van der Waals surface area contributed by atoms with E-state index in [1.807, 2.05) is 0 Å². The molecule has 0 aliphatic carbocycles. The van der Waals surface area contributed by atoms with Crippen molar-refractivity contribution in [3.63, 3.8) is 0 Å². The van der Waals surface area contributed by atoms with Crippen molar-refractivity contribution in [1.82, 2.24) is 4.98 Å². The van der Waals surface area contributed by atoms with Gasteiger partial charge in [0.25, 0.3) is 5.91 Å². The van der Waals surface area contributed by atoms with Gasteiger partial charge in [-0.25, -0.2) is 22.5 Å². The number of anilines is 1. The zero-order chi connectivity index (χ0) is 22.3. The second-order valence-electron chi connectivity index (χ2n) is 7.11. The van der Waals surface area contributed by atoms with Gasteiger partial charge in [0.05, 0.1) is 10.7 Å². The fraction of sp³-hybridized carbons (Fsp3) is 0.316. The SMILES string of the molecule is CC1(C)OCC(N)=NC(c2cc(NC(=O)c3ccc(Cl)cn3)c(F)cc2F)C1(F)F. The van der Waals surface area contributed by atoms with Crippen molar-refractivity contribution in [2.45, 2.75) is 31.4 Å². The molecular formula is C19H17ClF4N4O2. The largest absolute Gasteiger partial charge is 0.386 e. The Labute approximate surface area is 174 Å². The molecule has 3 N–H and O–H groups in total. The fourth-order valence-corrected chi connectivity index (χ4v) is 2.91. The molecule has 0 saturated carbocycles. The molecule has 1 amide bonds. The molecule has 1 aromatic carbocycles. The molecule has 0 saturated heterocycles. The average molecular weight is 445 g/mol. The van der Waals surface area contributed by atoms with Gasteiger partial charge in [0.1, 0.15) is 41.4 Å². The normalized spacial score (nSPS) is 20.2. The van der Waals surface area contributed by atoms with Gasteiger partial charge in [-0.15, -0.1) is 0 Å². The second kappa shape index (κ2) is 7.84. The Morgan fingerprint density at radius 1 is 1.27 bits per heavy atom. The summed E-state index contributed by atoms with van der Waals surface area (Å²) in [5.41, 5.74) is 2.27. The number of aromatic nitrogens is 1. The van der Waals surface area contributed by atoms with Crippen LogP contribution in [0.4, 0.5) is 23.2 Å². The van der Waals surface area contributed by atoms with E-state index in [1.54, 1.807) is 0 Å². The third-order valence-corrected chi connectivity index (χ3v) is 4.83. The Morgan fingerprint density at radius 3 is 2.60 bits per heavy atom. The van der Waals surface area contributed by atoms with Crippen LogP contribution in [0.15, 0.2) is 35.5 Å². The standard InChI is InChI=1S/C19H17ClF4N4O2/c1-18(2)19(23,24)16(28-15(25)8-30-18)10-5-14(12(22)6-11(10)21)27-17(29)13-4-3-9(20)7-26-13/h3-7,16H,8H2,1-2H3,(H2,25,28)(H,27,29). The van der Waals surface area contributed by atoms with E-state index in [9.17, 15) is 13.6 Å². The summed E-state index contributed by atoms with van der Waals surface area (Å²) in [7, 11) is 0. The molecule has 2 heterocycles. The van der Waals surface area contributed by atoms with Crippen LogP contribution in [-0.4, -0.2) is 34.9 Å². The summed E-state index contributed by atoms with van der Waals surface area (Å²) in [5, 5.41) is 2.46. The van der Waals surface area contributed by atoms with E-state index in [0.29, 0.717) is 6.07 Å². The highest BCUT2D eigenvalue weighted by Gasteiger charge is 2.56. The molecule has 1 aromatic heterocycles. The van der Waals surface area contributed by atoms with Crippen molar-refractivity contribution in [3.8, 4) is 0 Å². The first-order valence-electron chi connectivity index (χ1n) is 8.68. The molecule has 1 aliphatic rings. The van der Waals surface area contributed by atoms with Crippen LogP contribution in [-0.2, 0) is 4.74 Å². The molecule has 11 heteroatoms. The molecule has 0 spiro atoms. The number of amides is 1. The number of aliphatic imine (C=N–C) groups is 1. The van der Waals surface area contributed by atoms with Gasteiger partial charge in [0.2, 0.25) is 0 Å². The lowest BCUT2D eigenvalue weighted by molar-refractivity contribution is -0.191. The molecular weight excluding hydrogens is 428 g/mol. The number of nitrogens with one attached hydrogen (secondary N) is 1. The van der Waals surface area contributed by atoms with Gasteiger partial charge < -0.3 is 15.8 Å². The number of carbonyl (C=O) groups is 1. The van der Waals surface area contributed by atoms with Crippen molar-refractivity contribution >= 4 is 29.0 Å². The number of hydrogen-bond donors (Lipinski definition) is 2. The van der Waals surface area contributed by atoms with Gasteiger partial charge in [-0.3, -0.25) is 9.79 Å². The molecule has 0 radical (unpaired) electrons. The number of rotatable bonds is 3. The number of hydrogen-bond acceptors (Lipinski definition) is 5. The number of nitrogens with zero attached hydrogens (tertiary/aromatic N) is 2. The summed E-state index contributed by atoms with van der Waals surface area (Å²) in [6.07, 6.45) is 1.20. The van der Waals surface area contributed by atoms with E-state index < -0.39 is 46.4 Å². The first kappa shape index (κ1) is 22.0. The Kier molecular flexibility index (Phi) is 5.74. The number of halogens is 5. The Morgan fingerprint density at radius 2 is 1.97 bits per heavy atom. The molecule has 2 aromatic rings. The van der Waals surface area contributed by atoms with Gasteiger partial charge in [-0.05, 0) is 32.0 Å². The first-order chi connectivity index (χ1) is 13.9. The molecule has 1 atom stereocenters. The van der Waals surface area contributed by atoms with Gasteiger partial charge in [0.15, 0.2) is 0 Å². The molecule has 1 unspecified atom stereocenters. The van der Waals surface area contributed by atoms with Crippen molar-refractivity contribution in [2.24, 2.45) is 10.7 Å². The molecule has 3 rings (SSSR count). The highest BCUT2D eigenvalue weighted by Crippen LogP contribution is 2.46. The van der Waals surface area contributed by atoms with Crippen LogP contribution in [0.25, 0.3) is 0 Å². The highest BCUT2D eigenvalue weighted by atomic mass is 35.5. The Hall–Kier alpha value is -2.72. The number of amidine groups is 1. The summed E-state index contributed by atoms with van der Waals surface area (Å²) in [5.74, 6) is -7.25. The van der Waals surface area contributed by atoms with Crippen LogP contribution < -0.4 is 11.1 Å². The lowest BCUT2D eigenvalue weighted by atomic mass is 9.89. The van der Waals surface area contributed by atoms with E-state index in [2.05, 4.69) is 15.3 Å². The number of ether oxygens (including phenoxy) is 1. The summed E-state index contributed by atoms with van der Waals surface area (Å²) in [4.78, 5) is 19.8. The van der Waals surface area contributed by atoms with Gasteiger partial charge >= 0.3 is 5.92 Å². The minimum Gasteiger partial charge on any atom is -0.386 e. The van der Waals surface area contributed by atoms with Crippen molar-refractivity contribution in [3.05, 3.63) is 58.4 Å². The van der Waals surface area contributed by atoms with E-state index in [4.69, 9.17) is 22.1 Å². The Bertz CT molecular complexity index is 1010. The molecule has 1 aliphatic heterocycles. The summed E-state index contributed by atoms with van der Waals surface area (Å²) in [6, 6.07) is 1.72. The van der Waals surface area contributed by atoms with Crippen molar-refractivity contribution in [2.75, 3.05) is 11.9 Å². The Balaban J connectivity index is 2.03. The van der Waals surface area contributed by atoms with Crippen LogP contribution in [0.2, 0.25) is 5.02 Å². The molecule has 6 nitrogen and oxygen atoms in total. The second-order valence-corrected chi connectivity index (χ2v) is 7.55. The number of pyridine rings is 1. The monoisotopic (exact) mass is 444 g/mol. The number of benzene rings is 1.